The summed E-state index contributed by atoms with van der Waals surface area (Å²) in [5.74, 6) is -0.905. The van der Waals surface area contributed by atoms with Crippen LogP contribution < -0.4 is 0 Å². The van der Waals surface area contributed by atoms with E-state index in [2.05, 4.69) is 10.00 Å². The molecule has 0 bridgehead atoms. The van der Waals surface area contributed by atoms with Crippen molar-refractivity contribution in [2.24, 2.45) is 0 Å². The fourth-order valence-electron chi connectivity index (χ4n) is 1.93. The van der Waals surface area contributed by atoms with Gasteiger partial charge in [0.15, 0.2) is 0 Å². The van der Waals surface area contributed by atoms with E-state index in [1.807, 2.05) is 24.8 Å². The SMILES string of the molecule is CN(C)CCCn1ncc2cc(C(=O)O)ccc21. The molecule has 0 spiro atoms. The quantitative estimate of drug-likeness (QED) is 0.873. The van der Waals surface area contributed by atoms with E-state index in [0.29, 0.717) is 5.56 Å². The number of carbonyl (C=O) groups is 1. The van der Waals surface area contributed by atoms with E-state index in [0.717, 1.165) is 30.4 Å². The van der Waals surface area contributed by atoms with Crippen LogP contribution in [-0.4, -0.2) is 46.4 Å². The third-order valence-electron chi connectivity index (χ3n) is 2.86. The van der Waals surface area contributed by atoms with Crippen molar-refractivity contribution >= 4 is 16.9 Å². The van der Waals surface area contributed by atoms with Gasteiger partial charge < -0.3 is 10.0 Å². The fourth-order valence-corrected chi connectivity index (χ4v) is 1.93. The van der Waals surface area contributed by atoms with Crippen LogP contribution in [0.5, 0.6) is 0 Å². The standard InChI is InChI=1S/C13H17N3O2/c1-15(2)6-3-7-16-12-5-4-10(13(17)18)8-11(12)9-14-16/h4-5,8-9H,3,6-7H2,1-2H3,(H,17,18). The highest BCUT2D eigenvalue weighted by atomic mass is 16.4. The molecule has 0 fully saturated rings. The van der Waals surface area contributed by atoms with E-state index >= 15 is 0 Å². The molecular formula is C13H17N3O2. The van der Waals surface area contributed by atoms with Gasteiger partial charge in [-0.2, -0.15) is 5.10 Å². The molecule has 96 valence electrons. The third-order valence-corrected chi connectivity index (χ3v) is 2.86. The van der Waals surface area contributed by atoms with Crippen LogP contribution >= 0.6 is 0 Å². The van der Waals surface area contributed by atoms with Crippen molar-refractivity contribution in [3.05, 3.63) is 30.0 Å². The van der Waals surface area contributed by atoms with Crippen LogP contribution in [0.2, 0.25) is 0 Å². The second kappa shape index (κ2) is 5.18. The molecule has 1 heterocycles. The Hall–Kier alpha value is -1.88. The number of aromatic carboxylic acids is 1. The van der Waals surface area contributed by atoms with E-state index in [9.17, 15) is 4.79 Å². The van der Waals surface area contributed by atoms with E-state index < -0.39 is 5.97 Å². The predicted molar refractivity (Wildman–Crippen MR) is 69.9 cm³/mol. The first-order valence-electron chi connectivity index (χ1n) is 5.91. The van der Waals surface area contributed by atoms with E-state index in [1.54, 1.807) is 18.3 Å². The minimum absolute atomic E-state index is 0.301. The van der Waals surface area contributed by atoms with Gasteiger partial charge in [-0.3, -0.25) is 4.68 Å². The fraction of sp³-hybridized carbons (Fsp3) is 0.385. The first kappa shape index (κ1) is 12.6. The van der Waals surface area contributed by atoms with Crippen LogP contribution in [0.1, 0.15) is 16.8 Å². The van der Waals surface area contributed by atoms with E-state index in [4.69, 9.17) is 5.11 Å². The minimum atomic E-state index is -0.905. The number of fused-ring (bicyclic) bond motifs is 1. The second-order valence-corrected chi connectivity index (χ2v) is 4.60. The number of benzene rings is 1. The lowest BCUT2D eigenvalue weighted by atomic mass is 10.1. The number of hydrogen-bond donors (Lipinski definition) is 1. The molecule has 0 aliphatic heterocycles. The maximum atomic E-state index is 10.9. The van der Waals surface area contributed by atoms with Gasteiger partial charge in [0.05, 0.1) is 17.3 Å². The second-order valence-electron chi connectivity index (χ2n) is 4.60. The van der Waals surface area contributed by atoms with Gasteiger partial charge in [-0.25, -0.2) is 4.79 Å². The molecule has 0 atom stereocenters. The molecule has 1 aromatic carbocycles. The topological polar surface area (TPSA) is 58.4 Å². The Bertz CT molecular complexity index is 560. The van der Waals surface area contributed by atoms with Crippen molar-refractivity contribution in [1.29, 1.82) is 0 Å². The number of rotatable bonds is 5. The highest BCUT2D eigenvalue weighted by Crippen LogP contribution is 2.16. The van der Waals surface area contributed by atoms with Gasteiger partial charge in [0, 0.05) is 11.9 Å². The van der Waals surface area contributed by atoms with Gasteiger partial charge in [0.25, 0.3) is 0 Å². The lowest BCUT2D eigenvalue weighted by molar-refractivity contribution is 0.0697. The van der Waals surface area contributed by atoms with Crippen LogP contribution in [0.15, 0.2) is 24.4 Å². The van der Waals surface area contributed by atoms with Crippen LogP contribution in [-0.2, 0) is 6.54 Å². The Morgan fingerprint density at radius 2 is 2.22 bits per heavy atom. The Morgan fingerprint density at radius 3 is 2.89 bits per heavy atom. The molecule has 0 saturated carbocycles. The van der Waals surface area contributed by atoms with Crippen LogP contribution in [0.4, 0.5) is 0 Å². The first-order chi connectivity index (χ1) is 8.58. The van der Waals surface area contributed by atoms with Gasteiger partial charge in [-0.05, 0) is 45.3 Å². The molecule has 2 rings (SSSR count). The summed E-state index contributed by atoms with van der Waals surface area (Å²) in [4.78, 5) is 13.0. The average Bonchev–Trinajstić information content (AvgIpc) is 2.71. The average molecular weight is 247 g/mol. The Kier molecular flexibility index (Phi) is 3.62. The number of carboxylic acids is 1. The summed E-state index contributed by atoms with van der Waals surface area (Å²) < 4.78 is 1.92. The monoisotopic (exact) mass is 247 g/mol. The molecule has 5 heteroatoms. The summed E-state index contributed by atoms with van der Waals surface area (Å²) in [5.41, 5.74) is 1.29. The van der Waals surface area contributed by atoms with Gasteiger partial charge in [-0.15, -0.1) is 0 Å². The van der Waals surface area contributed by atoms with Gasteiger partial charge in [0.1, 0.15) is 0 Å². The number of carboxylic acid groups (broad SMARTS) is 1. The largest absolute Gasteiger partial charge is 0.478 e. The number of aryl methyl sites for hydroxylation is 1. The zero-order valence-corrected chi connectivity index (χ0v) is 10.6. The van der Waals surface area contributed by atoms with Crippen molar-refractivity contribution in [2.45, 2.75) is 13.0 Å². The Balaban J connectivity index is 2.18. The summed E-state index contributed by atoms with van der Waals surface area (Å²) in [6.45, 7) is 1.85. The summed E-state index contributed by atoms with van der Waals surface area (Å²) in [6, 6.07) is 5.10. The molecule has 5 nitrogen and oxygen atoms in total. The smallest absolute Gasteiger partial charge is 0.335 e. The van der Waals surface area contributed by atoms with Gasteiger partial charge in [0.2, 0.25) is 0 Å². The van der Waals surface area contributed by atoms with Crippen molar-refractivity contribution < 1.29 is 9.90 Å². The molecule has 1 aromatic heterocycles. The number of nitrogens with zero attached hydrogens (tertiary/aromatic N) is 3. The summed E-state index contributed by atoms with van der Waals surface area (Å²) >= 11 is 0. The molecule has 2 aromatic rings. The summed E-state index contributed by atoms with van der Waals surface area (Å²) in [5, 5.41) is 14.1. The molecule has 18 heavy (non-hydrogen) atoms. The van der Waals surface area contributed by atoms with Crippen molar-refractivity contribution in [3.8, 4) is 0 Å². The van der Waals surface area contributed by atoms with E-state index in [1.165, 1.54) is 0 Å². The molecule has 0 amide bonds. The molecule has 0 saturated heterocycles. The zero-order chi connectivity index (χ0) is 13.1. The molecule has 1 N–H and O–H groups in total. The minimum Gasteiger partial charge on any atom is -0.478 e. The summed E-state index contributed by atoms with van der Waals surface area (Å²) in [7, 11) is 4.08. The lowest BCUT2D eigenvalue weighted by Crippen LogP contribution is -2.15. The van der Waals surface area contributed by atoms with Crippen LogP contribution in [0.3, 0.4) is 0 Å². The molecule has 0 unspecified atom stereocenters. The van der Waals surface area contributed by atoms with E-state index in [-0.39, 0.29) is 0 Å². The van der Waals surface area contributed by atoms with Crippen molar-refractivity contribution in [2.75, 3.05) is 20.6 Å². The molecular weight excluding hydrogens is 230 g/mol. The number of hydrogen-bond acceptors (Lipinski definition) is 3. The van der Waals surface area contributed by atoms with Crippen LogP contribution in [0, 0.1) is 0 Å². The maximum absolute atomic E-state index is 10.9. The van der Waals surface area contributed by atoms with Crippen molar-refractivity contribution in [1.82, 2.24) is 14.7 Å². The first-order valence-corrected chi connectivity index (χ1v) is 5.91. The molecule has 0 aliphatic carbocycles. The summed E-state index contributed by atoms with van der Waals surface area (Å²) in [6.07, 6.45) is 2.74. The van der Waals surface area contributed by atoms with Crippen molar-refractivity contribution in [3.63, 3.8) is 0 Å². The maximum Gasteiger partial charge on any atom is 0.335 e. The highest BCUT2D eigenvalue weighted by Gasteiger charge is 2.07. The van der Waals surface area contributed by atoms with Crippen LogP contribution in [0.25, 0.3) is 10.9 Å². The predicted octanol–water partition coefficient (Wildman–Crippen LogP) is 1.69. The third kappa shape index (κ3) is 2.68. The zero-order valence-electron chi connectivity index (χ0n) is 10.6. The van der Waals surface area contributed by atoms with Gasteiger partial charge >= 0.3 is 5.97 Å². The Labute approximate surface area is 106 Å². The molecule has 0 radical (unpaired) electrons. The highest BCUT2D eigenvalue weighted by molar-refractivity contribution is 5.93. The number of aromatic nitrogens is 2. The Morgan fingerprint density at radius 1 is 1.44 bits per heavy atom. The molecule has 0 aliphatic rings. The normalized spacial score (nSPS) is 11.3. The lowest BCUT2D eigenvalue weighted by Gasteiger charge is -2.09. The van der Waals surface area contributed by atoms with Gasteiger partial charge in [-0.1, -0.05) is 0 Å².